The highest BCUT2D eigenvalue weighted by atomic mass is 32.2. The number of nitrogens with zero attached hydrogens (tertiary/aromatic N) is 2. The van der Waals surface area contributed by atoms with Gasteiger partial charge in [-0.3, -0.25) is 9.59 Å². The van der Waals surface area contributed by atoms with Gasteiger partial charge in [-0.25, -0.2) is 8.42 Å². The van der Waals surface area contributed by atoms with E-state index < -0.39 is 27.9 Å². The van der Waals surface area contributed by atoms with E-state index in [9.17, 15) is 18.0 Å². The van der Waals surface area contributed by atoms with Crippen LogP contribution in [0.5, 0.6) is 0 Å². The van der Waals surface area contributed by atoms with Crippen LogP contribution < -0.4 is 0 Å². The molecule has 1 N–H and O–H groups in total. The molecule has 9 heteroatoms. The fraction of sp³-hybridized carbons (Fsp3) is 0.556. The maximum Gasteiger partial charge on any atom is 0.305 e. The van der Waals surface area contributed by atoms with Crippen LogP contribution in [0.15, 0.2) is 29.2 Å². The summed E-state index contributed by atoms with van der Waals surface area (Å²) in [6, 6.07) is 5.13. The number of aliphatic carboxylic acids is 1. The summed E-state index contributed by atoms with van der Waals surface area (Å²) in [5.74, 6) is -1.39. The van der Waals surface area contributed by atoms with Crippen molar-refractivity contribution < 1.29 is 27.9 Å². The summed E-state index contributed by atoms with van der Waals surface area (Å²) in [4.78, 5) is 25.6. The van der Waals surface area contributed by atoms with Crippen molar-refractivity contribution in [3.05, 3.63) is 29.8 Å². The van der Waals surface area contributed by atoms with Gasteiger partial charge in [0.25, 0.3) is 5.91 Å². The van der Waals surface area contributed by atoms with Crippen LogP contribution in [0.25, 0.3) is 0 Å². The summed E-state index contributed by atoms with van der Waals surface area (Å²) in [7, 11) is -0.716. The molecule has 8 nitrogen and oxygen atoms in total. The lowest BCUT2D eigenvalue weighted by atomic mass is 10.1. The monoisotopic (exact) mass is 398 g/mol. The molecule has 1 heterocycles. The number of likely N-dealkylation sites (tertiary alicyclic amines) is 1. The highest BCUT2D eigenvalue weighted by Crippen LogP contribution is 2.26. The van der Waals surface area contributed by atoms with Gasteiger partial charge in [0.15, 0.2) is 0 Å². The van der Waals surface area contributed by atoms with E-state index in [1.807, 2.05) is 0 Å². The number of amides is 1. The molecule has 27 heavy (non-hydrogen) atoms. The maximum absolute atomic E-state index is 13.0. The van der Waals surface area contributed by atoms with Crippen LogP contribution in [0.3, 0.4) is 0 Å². The minimum Gasteiger partial charge on any atom is -0.481 e. The zero-order chi connectivity index (χ0) is 20.4. The van der Waals surface area contributed by atoms with Crippen molar-refractivity contribution >= 4 is 21.9 Å². The molecule has 2 atom stereocenters. The molecule has 0 spiro atoms. The Labute approximate surface area is 159 Å². The van der Waals surface area contributed by atoms with Gasteiger partial charge in [-0.15, -0.1) is 0 Å². The van der Waals surface area contributed by atoms with Gasteiger partial charge in [0.1, 0.15) is 0 Å². The second-order valence-electron chi connectivity index (χ2n) is 6.95. The van der Waals surface area contributed by atoms with Gasteiger partial charge in [0, 0.05) is 38.3 Å². The fourth-order valence-corrected chi connectivity index (χ4v) is 4.50. The van der Waals surface area contributed by atoms with Gasteiger partial charge in [-0.05, 0) is 38.5 Å². The minimum atomic E-state index is -3.72. The number of rotatable bonds is 7. The van der Waals surface area contributed by atoms with Crippen molar-refractivity contribution in [2.75, 3.05) is 20.7 Å². The number of carboxylic acid groups (broad SMARTS) is 1. The number of sulfonamides is 1. The van der Waals surface area contributed by atoms with E-state index in [-0.39, 0.29) is 35.6 Å². The first-order valence-corrected chi connectivity index (χ1v) is 10.2. The van der Waals surface area contributed by atoms with E-state index in [1.54, 1.807) is 13.8 Å². The topological polar surface area (TPSA) is 104 Å². The van der Waals surface area contributed by atoms with Crippen LogP contribution in [0.2, 0.25) is 0 Å². The average Bonchev–Trinajstić information content (AvgIpc) is 3.02. The second-order valence-corrected chi connectivity index (χ2v) is 8.94. The average molecular weight is 398 g/mol. The molecular weight excluding hydrogens is 372 g/mol. The fourth-order valence-electron chi connectivity index (χ4n) is 3.09. The van der Waals surface area contributed by atoms with Gasteiger partial charge in [0.2, 0.25) is 10.0 Å². The van der Waals surface area contributed by atoms with Gasteiger partial charge >= 0.3 is 5.97 Å². The van der Waals surface area contributed by atoms with E-state index in [2.05, 4.69) is 0 Å². The third-order valence-corrected chi connectivity index (χ3v) is 6.90. The van der Waals surface area contributed by atoms with E-state index in [0.717, 1.165) is 0 Å². The van der Waals surface area contributed by atoms with E-state index in [1.165, 1.54) is 47.6 Å². The first kappa shape index (κ1) is 21.3. The molecule has 0 radical (unpaired) electrons. The van der Waals surface area contributed by atoms with Crippen LogP contribution in [0.4, 0.5) is 0 Å². The molecule has 2 unspecified atom stereocenters. The Morgan fingerprint density at radius 3 is 2.59 bits per heavy atom. The molecule has 0 aromatic heterocycles. The highest BCUT2D eigenvalue weighted by Gasteiger charge is 2.37. The molecule has 150 valence electrons. The van der Waals surface area contributed by atoms with Crippen molar-refractivity contribution in [3.8, 4) is 0 Å². The van der Waals surface area contributed by atoms with E-state index >= 15 is 0 Å². The van der Waals surface area contributed by atoms with Crippen molar-refractivity contribution in [1.82, 2.24) is 9.21 Å². The Balaban J connectivity index is 2.32. The minimum absolute atomic E-state index is 0.0295. The lowest BCUT2D eigenvalue weighted by Gasteiger charge is -2.24. The number of hydrogen-bond donors (Lipinski definition) is 1. The normalized spacial score (nSPS) is 20.4. The summed E-state index contributed by atoms with van der Waals surface area (Å²) in [6.07, 6.45) is 0.0137. The largest absolute Gasteiger partial charge is 0.481 e. The highest BCUT2D eigenvalue weighted by molar-refractivity contribution is 7.89. The Morgan fingerprint density at radius 1 is 1.37 bits per heavy atom. The predicted molar refractivity (Wildman–Crippen MR) is 99.0 cm³/mol. The van der Waals surface area contributed by atoms with Gasteiger partial charge in [-0.1, -0.05) is 6.07 Å². The van der Waals surface area contributed by atoms with E-state index in [0.29, 0.717) is 6.42 Å². The standard InChI is InChI=1S/C18H26N2O6S/c1-12(2)19(3)27(24,25)16-7-5-6-13(8-16)18(23)20-11-15(26-4)9-14(20)10-17(21)22/h5-8,12,14-15H,9-11H2,1-4H3,(H,21,22). The number of hydrogen-bond acceptors (Lipinski definition) is 5. The van der Waals surface area contributed by atoms with Gasteiger partial charge in [-0.2, -0.15) is 4.31 Å². The van der Waals surface area contributed by atoms with Crippen LogP contribution in [-0.4, -0.2) is 73.5 Å². The van der Waals surface area contributed by atoms with Gasteiger partial charge in [0.05, 0.1) is 17.4 Å². The summed E-state index contributed by atoms with van der Waals surface area (Å²) in [6.45, 7) is 3.80. The van der Waals surface area contributed by atoms with Crippen molar-refractivity contribution in [2.45, 2.75) is 49.8 Å². The number of methoxy groups -OCH3 is 1. The van der Waals surface area contributed by atoms with Crippen molar-refractivity contribution in [2.24, 2.45) is 0 Å². The maximum atomic E-state index is 13.0. The molecule has 0 aliphatic carbocycles. The quantitative estimate of drug-likeness (QED) is 0.745. The third kappa shape index (κ3) is 4.66. The van der Waals surface area contributed by atoms with E-state index in [4.69, 9.17) is 9.84 Å². The molecule has 2 rings (SSSR count). The molecule has 1 saturated heterocycles. The molecule has 1 fully saturated rings. The SMILES string of the molecule is COC1CC(CC(=O)O)N(C(=O)c2cccc(S(=O)(=O)N(C)C(C)C)c2)C1. The van der Waals surface area contributed by atoms with Gasteiger partial charge < -0.3 is 14.7 Å². The summed E-state index contributed by atoms with van der Waals surface area (Å²) < 4.78 is 31.9. The summed E-state index contributed by atoms with van der Waals surface area (Å²) in [5.41, 5.74) is 0.209. The molecule has 1 aliphatic heterocycles. The van der Waals surface area contributed by atoms with Crippen molar-refractivity contribution in [3.63, 3.8) is 0 Å². The lowest BCUT2D eigenvalue weighted by Crippen LogP contribution is -2.37. The Morgan fingerprint density at radius 2 is 2.04 bits per heavy atom. The molecule has 1 aromatic carbocycles. The molecule has 1 aliphatic rings. The van der Waals surface area contributed by atoms with Crippen molar-refractivity contribution in [1.29, 1.82) is 0 Å². The Kier molecular flexibility index (Phi) is 6.61. The molecule has 0 saturated carbocycles. The first-order chi connectivity index (χ1) is 12.6. The van der Waals surface area contributed by atoms with Crippen LogP contribution >= 0.6 is 0 Å². The zero-order valence-corrected chi connectivity index (χ0v) is 16.8. The molecule has 1 amide bonds. The number of carboxylic acids is 1. The molecular formula is C18H26N2O6S. The zero-order valence-electron chi connectivity index (χ0n) is 16.0. The molecule has 0 bridgehead atoms. The number of ether oxygens (including phenoxy) is 1. The summed E-state index contributed by atoms with van der Waals surface area (Å²) >= 11 is 0. The van der Waals surface area contributed by atoms with Crippen LogP contribution in [-0.2, 0) is 19.6 Å². The first-order valence-electron chi connectivity index (χ1n) is 8.71. The summed E-state index contributed by atoms with van der Waals surface area (Å²) in [5, 5.41) is 9.10. The number of carbonyl (C=O) groups excluding carboxylic acids is 1. The van der Waals surface area contributed by atoms with Crippen LogP contribution in [0.1, 0.15) is 37.0 Å². The second kappa shape index (κ2) is 8.37. The Hall–Kier alpha value is -1.97. The van der Waals surface area contributed by atoms with Crippen LogP contribution in [0, 0.1) is 0 Å². The number of carbonyl (C=O) groups is 2. The predicted octanol–water partition coefficient (Wildman–Crippen LogP) is 1.42. The number of benzene rings is 1. The smallest absolute Gasteiger partial charge is 0.305 e. The third-order valence-electron chi connectivity index (χ3n) is 4.87. The molecule has 1 aromatic rings. The Bertz CT molecular complexity index is 808. The lowest BCUT2D eigenvalue weighted by molar-refractivity contribution is -0.138.